The van der Waals surface area contributed by atoms with Gasteiger partial charge >= 0.3 is 0 Å². The first-order valence-electron chi connectivity index (χ1n) is 6.68. The first-order chi connectivity index (χ1) is 8.42. The van der Waals surface area contributed by atoms with Crippen molar-refractivity contribution in [1.82, 2.24) is 5.32 Å². The van der Waals surface area contributed by atoms with Crippen molar-refractivity contribution in [1.29, 1.82) is 0 Å². The molecule has 18 heavy (non-hydrogen) atoms. The van der Waals surface area contributed by atoms with Gasteiger partial charge in [0.05, 0.1) is 0 Å². The van der Waals surface area contributed by atoms with E-state index in [2.05, 4.69) is 24.3 Å². The van der Waals surface area contributed by atoms with Crippen LogP contribution in [0, 0.1) is 16.7 Å². The molecule has 2 rings (SSSR count). The Labute approximate surface area is 108 Å². The van der Waals surface area contributed by atoms with Crippen molar-refractivity contribution in [3.8, 4) is 0 Å². The van der Waals surface area contributed by atoms with E-state index >= 15 is 0 Å². The summed E-state index contributed by atoms with van der Waals surface area (Å²) in [5.74, 6) is 0.427. The molecule has 0 spiro atoms. The molecule has 0 aliphatic heterocycles. The minimum atomic E-state index is -0.770. The van der Waals surface area contributed by atoms with E-state index in [0.717, 1.165) is 0 Å². The predicted octanol–water partition coefficient (Wildman–Crippen LogP) is 1.46. The molecule has 0 aromatic rings. The number of nitrogens with zero attached hydrogens (tertiary/aromatic N) is 1. The molecule has 5 nitrogen and oxygen atoms in total. The number of carbonyl (C=O) groups is 1. The Morgan fingerprint density at radius 1 is 1.50 bits per heavy atom. The van der Waals surface area contributed by atoms with Gasteiger partial charge in [-0.05, 0) is 37.0 Å². The summed E-state index contributed by atoms with van der Waals surface area (Å²) in [7, 11) is 0. The van der Waals surface area contributed by atoms with Gasteiger partial charge in [-0.2, -0.15) is 0 Å². The Balaban J connectivity index is 1.97. The zero-order chi connectivity index (χ0) is 13.4. The van der Waals surface area contributed by atoms with E-state index in [1.165, 1.54) is 19.3 Å². The Hall–Kier alpha value is -1.26. The molecule has 0 saturated heterocycles. The molecule has 102 valence electrons. The molecule has 0 atom stereocenters. The van der Waals surface area contributed by atoms with E-state index in [1.54, 1.807) is 0 Å². The van der Waals surface area contributed by atoms with E-state index in [4.69, 9.17) is 10.9 Å². The van der Waals surface area contributed by atoms with E-state index < -0.39 is 5.41 Å². The van der Waals surface area contributed by atoms with Crippen molar-refractivity contribution < 1.29 is 10.0 Å². The Morgan fingerprint density at radius 3 is 2.50 bits per heavy atom. The second-order valence-electron chi connectivity index (χ2n) is 6.43. The van der Waals surface area contributed by atoms with E-state index in [9.17, 15) is 4.79 Å². The third kappa shape index (κ3) is 2.06. The second kappa shape index (κ2) is 4.44. The first kappa shape index (κ1) is 13.2. The van der Waals surface area contributed by atoms with Crippen LogP contribution in [0.25, 0.3) is 0 Å². The van der Waals surface area contributed by atoms with Crippen LogP contribution in [0.3, 0.4) is 0 Å². The molecule has 2 fully saturated rings. The molecule has 1 amide bonds. The minimum absolute atomic E-state index is 0.0527. The van der Waals surface area contributed by atoms with Gasteiger partial charge in [0.1, 0.15) is 5.41 Å². The third-order valence-corrected chi connectivity index (χ3v) is 4.66. The smallest absolute Gasteiger partial charge is 0.233 e. The summed E-state index contributed by atoms with van der Waals surface area (Å²) in [6.07, 6.45) is 4.92. The van der Waals surface area contributed by atoms with Crippen molar-refractivity contribution in [2.45, 2.75) is 46.0 Å². The lowest BCUT2D eigenvalue weighted by Crippen LogP contribution is -2.58. The number of hydrogen-bond acceptors (Lipinski definition) is 3. The number of carbonyl (C=O) groups excluding carboxylic acids is 1. The highest BCUT2D eigenvalue weighted by Gasteiger charge is 2.52. The topological polar surface area (TPSA) is 87.7 Å². The SMILES string of the molecule is CC1CC(C(=O)NCC2(C)CCC2)(C(N)=NO)C1. The second-order valence-corrected chi connectivity index (χ2v) is 6.43. The lowest BCUT2D eigenvalue weighted by atomic mass is 9.61. The molecule has 0 unspecified atom stereocenters. The Morgan fingerprint density at radius 2 is 2.11 bits per heavy atom. The van der Waals surface area contributed by atoms with Crippen LogP contribution >= 0.6 is 0 Å². The highest BCUT2D eigenvalue weighted by Crippen LogP contribution is 2.46. The summed E-state index contributed by atoms with van der Waals surface area (Å²) in [4.78, 5) is 12.3. The van der Waals surface area contributed by atoms with Crippen LogP contribution in [0.4, 0.5) is 0 Å². The van der Waals surface area contributed by atoms with Gasteiger partial charge in [-0.3, -0.25) is 4.79 Å². The van der Waals surface area contributed by atoms with Crippen LogP contribution in [0.2, 0.25) is 0 Å². The average Bonchev–Trinajstić information content (AvgIpc) is 2.28. The van der Waals surface area contributed by atoms with E-state index in [1.807, 2.05) is 0 Å². The fourth-order valence-electron chi connectivity index (χ4n) is 3.16. The number of amides is 1. The summed E-state index contributed by atoms with van der Waals surface area (Å²) in [5.41, 5.74) is 5.18. The van der Waals surface area contributed by atoms with Crippen molar-refractivity contribution in [2.24, 2.45) is 27.6 Å². The van der Waals surface area contributed by atoms with Gasteiger partial charge in [0.25, 0.3) is 0 Å². The number of amidine groups is 1. The van der Waals surface area contributed by atoms with Gasteiger partial charge < -0.3 is 16.3 Å². The van der Waals surface area contributed by atoms with Gasteiger partial charge in [0.2, 0.25) is 5.91 Å². The molecule has 2 aliphatic carbocycles. The van der Waals surface area contributed by atoms with Crippen LogP contribution in [0.15, 0.2) is 5.16 Å². The highest BCUT2D eigenvalue weighted by atomic mass is 16.4. The minimum Gasteiger partial charge on any atom is -0.409 e. The first-order valence-corrected chi connectivity index (χ1v) is 6.68. The molecule has 0 bridgehead atoms. The van der Waals surface area contributed by atoms with Gasteiger partial charge in [0, 0.05) is 6.54 Å². The summed E-state index contributed by atoms with van der Waals surface area (Å²) < 4.78 is 0. The molecule has 0 aromatic heterocycles. The third-order valence-electron chi connectivity index (χ3n) is 4.66. The summed E-state index contributed by atoms with van der Waals surface area (Å²) >= 11 is 0. The van der Waals surface area contributed by atoms with Crippen LogP contribution < -0.4 is 11.1 Å². The van der Waals surface area contributed by atoms with Gasteiger partial charge in [-0.25, -0.2) is 0 Å². The zero-order valence-corrected chi connectivity index (χ0v) is 11.2. The highest BCUT2D eigenvalue weighted by molar-refractivity contribution is 6.07. The monoisotopic (exact) mass is 253 g/mol. The number of oxime groups is 1. The molecule has 0 heterocycles. The van der Waals surface area contributed by atoms with Crippen LogP contribution in [0.1, 0.15) is 46.0 Å². The maximum absolute atomic E-state index is 12.3. The normalized spacial score (nSPS) is 34.3. The molecule has 0 radical (unpaired) electrons. The molecular formula is C13H23N3O2. The van der Waals surface area contributed by atoms with E-state index in [0.29, 0.717) is 25.3 Å². The van der Waals surface area contributed by atoms with Crippen LogP contribution in [-0.2, 0) is 4.79 Å². The number of hydrogen-bond donors (Lipinski definition) is 3. The predicted molar refractivity (Wildman–Crippen MR) is 69.2 cm³/mol. The fourth-order valence-corrected chi connectivity index (χ4v) is 3.16. The molecule has 4 N–H and O–H groups in total. The van der Waals surface area contributed by atoms with Crippen molar-refractivity contribution in [2.75, 3.05) is 6.54 Å². The number of rotatable bonds is 4. The fraction of sp³-hybridized carbons (Fsp3) is 0.846. The molecule has 0 aromatic carbocycles. The van der Waals surface area contributed by atoms with Gasteiger partial charge in [-0.1, -0.05) is 25.4 Å². The molecule has 2 saturated carbocycles. The number of nitrogens with two attached hydrogens (primary N) is 1. The van der Waals surface area contributed by atoms with Gasteiger partial charge in [-0.15, -0.1) is 0 Å². The summed E-state index contributed by atoms with van der Waals surface area (Å²) in [6, 6.07) is 0. The lowest BCUT2D eigenvalue weighted by molar-refractivity contribution is -0.134. The largest absolute Gasteiger partial charge is 0.409 e. The van der Waals surface area contributed by atoms with Crippen molar-refractivity contribution in [3.05, 3.63) is 0 Å². The van der Waals surface area contributed by atoms with Crippen LogP contribution in [-0.4, -0.2) is 23.5 Å². The molecule has 5 heteroatoms. The number of nitrogens with one attached hydrogen (secondary N) is 1. The van der Waals surface area contributed by atoms with E-state index in [-0.39, 0.29) is 17.2 Å². The quantitative estimate of drug-likeness (QED) is 0.307. The summed E-state index contributed by atoms with van der Waals surface area (Å²) in [6.45, 7) is 4.96. The maximum atomic E-state index is 12.3. The maximum Gasteiger partial charge on any atom is 0.233 e. The Kier molecular flexibility index (Phi) is 3.25. The average molecular weight is 253 g/mol. The van der Waals surface area contributed by atoms with Crippen molar-refractivity contribution >= 4 is 11.7 Å². The lowest BCUT2D eigenvalue weighted by Gasteiger charge is -2.45. The van der Waals surface area contributed by atoms with Gasteiger partial charge in [0.15, 0.2) is 5.84 Å². The molecular weight excluding hydrogens is 230 g/mol. The van der Waals surface area contributed by atoms with Crippen molar-refractivity contribution in [3.63, 3.8) is 0 Å². The standard InChI is InChI=1S/C13H23N3O2/c1-9-6-13(7-9,10(14)16-18)11(17)15-8-12(2)4-3-5-12/h9,18H,3-8H2,1-2H3,(H2,14,16)(H,15,17). The Bertz CT molecular complexity index is 368. The molecule has 2 aliphatic rings. The zero-order valence-electron chi connectivity index (χ0n) is 11.2. The summed E-state index contributed by atoms with van der Waals surface area (Å²) in [5, 5.41) is 14.9. The van der Waals surface area contributed by atoms with Crippen LogP contribution in [0.5, 0.6) is 0 Å².